The molecule has 0 radical (unpaired) electrons. The minimum absolute atomic E-state index is 0.238. The molecule has 0 saturated carbocycles. The molecule has 9 heteroatoms. The molecule has 1 fully saturated rings. The topological polar surface area (TPSA) is 88.1 Å². The van der Waals surface area contributed by atoms with Crippen LogP contribution < -0.4 is 5.32 Å². The fourth-order valence-electron chi connectivity index (χ4n) is 3.08. The Kier molecular flexibility index (Phi) is 5.65. The van der Waals surface area contributed by atoms with Crippen molar-refractivity contribution in [1.82, 2.24) is 19.5 Å². The van der Waals surface area contributed by atoms with Crippen molar-refractivity contribution >= 4 is 27.2 Å². The molecule has 7 nitrogen and oxygen atoms in total. The lowest BCUT2D eigenvalue weighted by molar-refractivity contribution is 0.346. The van der Waals surface area contributed by atoms with E-state index >= 15 is 0 Å². The molecule has 1 aromatic carbocycles. The van der Waals surface area contributed by atoms with Gasteiger partial charge in [0, 0.05) is 24.8 Å². The third-order valence-electron chi connectivity index (χ3n) is 4.60. The van der Waals surface area contributed by atoms with Gasteiger partial charge in [-0.05, 0) is 25.0 Å². The van der Waals surface area contributed by atoms with Gasteiger partial charge >= 0.3 is 0 Å². The van der Waals surface area contributed by atoms with Gasteiger partial charge in [0.2, 0.25) is 10.0 Å². The standard InChI is InChI=1S/C19H21N5O2S2/c25-28(26,24-11-5-2-6-12-24)16-9-10-17(20-13-16)21-14-18-22-23-19(27-18)15-7-3-1-4-8-15/h1,3-4,7-10,13H,2,5-6,11-12,14H2,(H,20,21). The summed E-state index contributed by atoms with van der Waals surface area (Å²) in [5, 5.41) is 13.3. The highest BCUT2D eigenvalue weighted by Crippen LogP contribution is 2.24. The predicted octanol–water partition coefficient (Wildman–Crippen LogP) is 3.39. The van der Waals surface area contributed by atoms with Gasteiger partial charge in [0.1, 0.15) is 20.7 Å². The van der Waals surface area contributed by atoms with Crippen molar-refractivity contribution in [3.8, 4) is 10.6 Å². The van der Waals surface area contributed by atoms with Crippen LogP contribution in [-0.4, -0.2) is 41.0 Å². The van der Waals surface area contributed by atoms with E-state index in [1.807, 2.05) is 30.3 Å². The van der Waals surface area contributed by atoms with Gasteiger partial charge in [0.25, 0.3) is 0 Å². The molecule has 146 valence electrons. The van der Waals surface area contributed by atoms with Crippen LogP contribution in [0.15, 0.2) is 53.6 Å². The summed E-state index contributed by atoms with van der Waals surface area (Å²) >= 11 is 1.52. The van der Waals surface area contributed by atoms with Crippen molar-refractivity contribution < 1.29 is 8.42 Å². The molecule has 1 aliphatic rings. The van der Waals surface area contributed by atoms with Crippen LogP contribution in [0.3, 0.4) is 0 Å². The highest BCUT2D eigenvalue weighted by molar-refractivity contribution is 7.89. The second-order valence-corrected chi connectivity index (χ2v) is 9.56. The van der Waals surface area contributed by atoms with Crippen LogP contribution in [0.25, 0.3) is 10.6 Å². The third kappa shape index (κ3) is 4.21. The zero-order valence-corrected chi connectivity index (χ0v) is 16.9. The van der Waals surface area contributed by atoms with E-state index < -0.39 is 10.0 Å². The van der Waals surface area contributed by atoms with Gasteiger partial charge in [-0.1, -0.05) is 48.1 Å². The third-order valence-corrected chi connectivity index (χ3v) is 7.45. The van der Waals surface area contributed by atoms with Crippen molar-refractivity contribution in [2.75, 3.05) is 18.4 Å². The number of hydrogen-bond donors (Lipinski definition) is 1. The van der Waals surface area contributed by atoms with Crippen LogP contribution in [-0.2, 0) is 16.6 Å². The number of piperidine rings is 1. The summed E-state index contributed by atoms with van der Waals surface area (Å²) in [6, 6.07) is 13.2. The number of pyridine rings is 1. The van der Waals surface area contributed by atoms with E-state index in [0.717, 1.165) is 34.8 Å². The Balaban J connectivity index is 1.39. The summed E-state index contributed by atoms with van der Waals surface area (Å²) < 4.78 is 26.9. The van der Waals surface area contributed by atoms with Crippen LogP contribution in [0.4, 0.5) is 5.82 Å². The maximum atomic E-state index is 12.7. The number of nitrogens with one attached hydrogen (secondary N) is 1. The minimum Gasteiger partial charge on any atom is -0.363 e. The van der Waals surface area contributed by atoms with Gasteiger partial charge in [-0.2, -0.15) is 4.31 Å². The molecule has 2 aromatic heterocycles. The molecule has 0 bridgehead atoms. The second-order valence-electron chi connectivity index (χ2n) is 6.56. The summed E-state index contributed by atoms with van der Waals surface area (Å²) in [4.78, 5) is 4.50. The Bertz CT molecular complexity index is 1010. The average Bonchev–Trinajstić information content (AvgIpc) is 3.23. The van der Waals surface area contributed by atoms with E-state index in [1.54, 1.807) is 16.4 Å². The molecule has 1 saturated heterocycles. The molecule has 0 spiro atoms. The van der Waals surface area contributed by atoms with Crippen LogP contribution in [0.5, 0.6) is 0 Å². The first kappa shape index (κ1) is 19.0. The van der Waals surface area contributed by atoms with Crippen molar-refractivity contribution in [1.29, 1.82) is 0 Å². The van der Waals surface area contributed by atoms with Crippen LogP contribution >= 0.6 is 11.3 Å². The van der Waals surface area contributed by atoms with Crippen LogP contribution in [0.1, 0.15) is 24.3 Å². The Morgan fingerprint density at radius 1 is 1.00 bits per heavy atom. The zero-order chi connectivity index (χ0) is 19.4. The zero-order valence-electron chi connectivity index (χ0n) is 15.3. The van der Waals surface area contributed by atoms with Crippen LogP contribution in [0, 0.1) is 0 Å². The Morgan fingerprint density at radius 3 is 2.50 bits per heavy atom. The molecule has 3 heterocycles. The van der Waals surface area contributed by atoms with E-state index in [-0.39, 0.29) is 4.90 Å². The van der Waals surface area contributed by atoms with Crippen molar-refractivity contribution in [2.45, 2.75) is 30.7 Å². The largest absolute Gasteiger partial charge is 0.363 e. The molecule has 1 aliphatic heterocycles. The van der Waals surface area contributed by atoms with Gasteiger partial charge in [0.15, 0.2) is 0 Å². The Morgan fingerprint density at radius 2 is 1.79 bits per heavy atom. The van der Waals surface area contributed by atoms with Gasteiger partial charge in [-0.15, -0.1) is 10.2 Å². The highest BCUT2D eigenvalue weighted by atomic mass is 32.2. The quantitative estimate of drug-likeness (QED) is 0.664. The van der Waals surface area contributed by atoms with E-state index in [2.05, 4.69) is 20.5 Å². The number of sulfonamides is 1. The van der Waals surface area contributed by atoms with Crippen molar-refractivity contribution in [3.63, 3.8) is 0 Å². The number of aromatic nitrogens is 3. The van der Waals surface area contributed by atoms with Gasteiger partial charge in [0.05, 0.1) is 6.54 Å². The molecule has 0 aliphatic carbocycles. The van der Waals surface area contributed by atoms with Crippen molar-refractivity contribution in [3.05, 3.63) is 53.7 Å². The van der Waals surface area contributed by atoms with Gasteiger partial charge < -0.3 is 5.32 Å². The summed E-state index contributed by atoms with van der Waals surface area (Å²) in [7, 11) is -3.45. The molecule has 3 aromatic rings. The predicted molar refractivity (Wildman–Crippen MR) is 110 cm³/mol. The molecule has 0 atom stereocenters. The minimum atomic E-state index is -3.45. The van der Waals surface area contributed by atoms with Crippen molar-refractivity contribution in [2.24, 2.45) is 0 Å². The molecule has 28 heavy (non-hydrogen) atoms. The Hall–Kier alpha value is -2.36. The molecular weight excluding hydrogens is 394 g/mol. The maximum absolute atomic E-state index is 12.7. The second kappa shape index (κ2) is 8.34. The molecular formula is C19H21N5O2S2. The molecule has 1 N–H and O–H groups in total. The molecule has 0 amide bonds. The van der Waals surface area contributed by atoms with Crippen LogP contribution in [0.2, 0.25) is 0 Å². The lowest BCUT2D eigenvalue weighted by atomic mass is 10.2. The summed E-state index contributed by atoms with van der Waals surface area (Å²) in [6.07, 6.45) is 4.34. The maximum Gasteiger partial charge on any atom is 0.244 e. The number of hydrogen-bond acceptors (Lipinski definition) is 7. The smallest absolute Gasteiger partial charge is 0.244 e. The average molecular weight is 416 g/mol. The fraction of sp³-hybridized carbons (Fsp3) is 0.316. The SMILES string of the molecule is O=S(=O)(c1ccc(NCc2nnc(-c3ccccc3)s2)nc1)N1CCCCC1. The summed E-state index contributed by atoms with van der Waals surface area (Å²) in [5.74, 6) is 0.606. The first-order chi connectivity index (χ1) is 13.6. The number of rotatable bonds is 6. The van der Waals surface area contributed by atoms with E-state index in [9.17, 15) is 8.42 Å². The van der Waals surface area contributed by atoms with Gasteiger partial charge in [-0.25, -0.2) is 13.4 Å². The summed E-state index contributed by atoms with van der Waals surface area (Å²) in [6.45, 7) is 1.65. The fourth-order valence-corrected chi connectivity index (χ4v) is 5.33. The highest BCUT2D eigenvalue weighted by Gasteiger charge is 2.26. The Labute approximate surface area is 168 Å². The number of benzene rings is 1. The van der Waals surface area contributed by atoms with E-state index in [1.165, 1.54) is 17.5 Å². The summed E-state index contributed by atoms with van der Waals surface area (Å²) in [5.41, 5.74) is 1.04. The molecule has 4 rings (SSSR count). The van der Waals surface area contributed by atoms with E-state index in [4.69, 9.17) is 0 Å². The lowest BCUT2D eigenvalue weighted by Crippen LogP contribution is -2.35. The normalized spacial score (nSPS) is 15.4. The first-order valence-corrected chi connectivity index (χ1v) is 11.5. The lowest BCUT2D eigenvalue weighted by Gasteiger charge is -2.25. The number of anilines is 1. The van der Waals surface area contributed by atoms with Gasteiger partial charge in [-0.3, -0.25) is 0 Å². The van der Waals surface area contributed by atoms with E-state index in [0.29, 0.717) is 25.5 Å². The monoisotopic (exact) mass is 415 g/mol. The number of nitrogens with zero attached hydrogens (tertiary/aromatic N) is 4. The first-order valence-electron chi connectivity index (χ1n) is 9.21. The molecule has 0 unspecified atom stereocenters.